The fourth-order valence-corrected chi connectivity index (χ4v) is 3.09. The zero-order chi connectivity index (χ0) is 19.7. The van der Waals surface area contributed by atoms with Crippen molar-refractivity contribution >= 4 is 11.6 Å². The second-order valence-corrected chi connectivity index (χ2v) is 6.10. The molecule has 0 unspecified atom stereocenters. The van der Waals surface area contributed by atoms with Crippen molar-refractivity contribution in [2.75, 3.05) is 26.2 Å². The van der Waals surface area contributed by atoms with Crippen molar-refractivity contribution in [1.29, 1.82) is 0 Å². The SMILES string of the molecule is COc1cncc(N2Cc3nc(-c4cnc(OC)c(OC)c4)ccc3C2=O)c1. The molecule has 1 amide bonds. The molecule has 0 saturated heterocycles. The number of hydrogen-bond donors (Lipinski definition) is 0. The van der Waals surface area contributed by atoms with E-state index in [0.717, 1.165) is 5.56 Å². The molecular formula is C20H18N4O4. The van der Waals surface area contributed by atoms with Gasteiger partial charge in [-0.25, -0.2) is 4.98 Å². The number of rotatable bonds is 5. The van der Waals surface area contributed by atoms with Crippen molar-refractivity contribution in [3.63, 3.8) is 0 Å². The maximum Gasteiger partial charge on any atom is 0.260 e. The Hall–Kier alpha value is -3.68. The largest absolute Gasteiger partial charge is 0.495 e. The molecule has 142 valence electrons. The molecular weight excluding hydrogens is 360 g/mol. The summed E-state index contributed by atoms with van der Waals surface area (Å²) in [5.74, 6) is 1.39. The highest BCUT2D eigenvalue weighted by Crippen LogP contribution is 2.32. The van der Waals surface area contributed by atoms with Crippen molar-refractivity contribution in [2.24, 2.45) is 0 Å². The van der Waals surface area contributed by atoms with Crippen molar-refractivity contribution in [2.45, 2.75) is 6.54 Å². The first-order valence-electron chi connectivity index (χ1n) is 8.54. The molecule has 0 N–H and O–H groups in total. The molecule has 0 aromatic carbocycles. The fourth-order valence-electron chi connectivity index (χ4n) is 3.09. The van der Waals surface area contributed by atoms with Crippen LogP contribution in [-0.2, 0) is 6.54 Å². The number of fused-ring (bicyclic) bond motifs is 1. The Labute approximate surface area is 161 Å². The minimum absolute atomic E-state index is 0.116. The third kappa shape index (κ3) is 2.98. The van der Waals surface area contributed by atoms with E-state index in [0.29, 0.717) is 46.6 Å². The normalized spacial score (nSPS) is 12.7. The molecule has 8 heteroatoms. The van der Waals surface area contributed by atoms with Gasteiger partial charge >= 0.3 is 0 Å². The molecule has 28 heavy (non-hydrogen) atoms. The van der Waals surface area contributed by atoms with Gasteiger partial charge in [0.05, 0.1) is 62.9 Å². The molecule has 3 aromatic heterocycles. The molecule has 0 aliphatic carbocycles. The van der Waals surface area contributed by atoms with Gasteiger partial charge in [0, 0.05) is 17.8 Å². The van der Waals surface area contributed by atoms with E-state index >= 15 is 0 Å². The Morgan fingerprint density at radius 2 is 1.86 bits per heavy atom. The molecule has 0 saturated carbocycles. The number of methoxy groups -OCH3 is 3. The van der Waals surface area contributed by atoms with Gasteiger partial charge in [0.15, 0.2) is 5.75 Å². The van der Waals surface area contributed by atoms with Crippen LogP contribution in [0.2, 0.25) is 0 Å². The topological polar surface area (TPSA) is 86.7 Å². The Morgan fingerprint density at radius 1 is 1.00 bits per heavy atom. The summed E-state index contributed by atoms with van der Waals surface area (Å²) in [6, 6.07) is 7.16. The standard InChI is InChI=1S/C20H18N4O4/c1-26-14-7-13(9-21-10-14)24-11-17-15(20(24)25)4-5-16(23-17)12-6-18(27-2)19(28-3)22-8-12/h4-10H,11H2,1-3H3. The molecule has 4 heterocycles. The smallest absolute Gasteiger partial charge is 0.260 e. The molecule has 4 rings (SSSR count). The van der Waals surface area contributed by atoms with Gasteiger partial charge in [0.2, 0.25) is 0 Å². The average molecular weight is 378 g/mol. The number of carbonyl (C=O) groups is 1. The third-order valence-corrected chi connectivity index (χ3v) is 4.53. The van der Waals surface area contributed by atoms with Crippen LogP contribution in [0.5, 0.6) is 17.4 Å². The predicted octanol–water partition coefficient (Wildman–Crippen LogP) is 2.72. The van der Waals surface area contributed by atoms with E-state index in [1.165, 1.54) is 7.11 Å². The maximum atomic E-state index is 12.8. The number of pyridine rings is 3. The van der Waals surface area contributed by atoms with E-state index in [1.807, 2.05) is 0 Å². The summed E-state index contributed by atoms with van der Waals surface area (Å²) in [6.07, 6.45) is 4.89. The van der Waals surface area contributed by atoms with Gasteiger partial charge in [-0.1, -0.05) is 0 Å². The number of ether oxygens (including phenoxy) is 3. The van der Waals surface area contributed by atoms with Gasteiger partial charge in [-0.15, -0.1) is 0 Å². The lowest BCUT2D eigenvalue weighted by atomic mass is 10.1. The summed E-state index contributed by atoms with van der Waals surface area (Å²) in [7, 11) is 4.65. The second kappa shape index (κ2) is 7.15. The number of anilines is 1. The molecule has 0 bridgehead atoms. The van der Waals surface area contributed by atoms with Crippen LogP contribution >= 0.6 is 0 Å². The zero-order valence-corrected chi connectivity index (χ0v) is 15.7. The predicted molar refractivity (Wildman–Crippen MR) is 102 cm³/mol. The van der Waals surface area contributed by atoms with Crippen LogP contribution in [0.4, 0.5) is 5.69 Å². The van der Waals surface area contributed by atoms with Crippen molar-refractivity contribution < 1.29 is 19.0 Å². The first-order valence-corrected chi connectivity index (χ1v) is 8.54. The van der Waals surface area contributed by atoms with Crippen molar-refractivity contribution in [3.8, 4) is 28.6 Å². The number of hydrogen-bond acceptors (Lipinski definition) is 7. The number of nitrogens with zero attached hydrogens (tertiary/aromatic N) is 4. The van der Waals surface area contributed by atoms with Crippen molar-refractivity contribution in [3.05, 3.63) is 54.1 Å². The van der Waals surface area contributed by atoms with Gasteiger partial charge in [-0.05, 0) is 18.2 Å². The zero-order valence-electron chi connectivity index (χ0n) is 15.7. The van der Waals surface area contributed by atoms with Crippen molar-refractivity contribution in [1.82, 2.24) is 15.0 Å². The Bertz CT molecular complexity index is 1050. The molecule has 1 aliphatic rings. The highest BCUT2D eigenvalue weighted by atomic mass is 16.5. The summed E-state index contributed by atoms with van der Waals surface area (Å²) in [6.45, 7) is 0.359. The highest BCUT2D eigenvalue weighted by molar-refractivity contribution is 6.09. The summed E-state index contributed by atoms with van der Waals surface area (Å²) < 4.78 is 15.7. The summed E-state index contributed by atoms with van der Waals surface area (Å²) in [5, 5.41) is 0. The van der Waals surface area contributed by atoms with Gasteiger partial charge in [-0.3, -0.25) is 14.8 Å². The fraction of sp³-hybridized carbons (Fsp3) is 0.200. The maximum absolute atomic E-state index is 12.8. The number of carbonyl (C=O) groups excluding carboxylic acids is 1. The lowest BCUT2D eigenvalue weighted by Gasteiger charge is -2.15. The second-order valence-electron chi connectivity index (χ2n) is 6.10. The van der Waals surface area contributed by atoms with Crippen LogP contribution in [0.1, 0.15) is 16.1 Å². The third-order valence-electron chi connectivity index (χ3n) is 4.53. The van der Waals surface area contributed by atoms with Gasteiger partial charge in [0.1, 0.15) is 5.75 Å². The van der Waals surface area contributed by atoms with Crippen LogP contribution in [-0.4, -0.2) is 42.2 Å². The Morgan fingerprint density at radius 3 is 2.61 bits per heavy atom. The molecule has 0 radical (unpaired) electrons. The van der Waals surface area contributed by atoms with Crippen LogP contribution in [0.25, 0.3) is 11.3 Å². The lowest BCUT2D eigenvalue weighted by Crippen LogP contribution is -2.23. The summed E-state index contributed by atoms with van der Waals surface area (Å²) in [5.41, 5.74) is 3.40. The van der Waals surface area contributed by atoms with E-state index in [4.69, 9.17) is 14.2 Å². The molecule has 8 nitrogen and oxygen atoms in total. The molecule has 0 spiro atoms. The highest BCUT2D eigenvalue weighted by Gasteiger charge is 2.30. The van der Waals surface area contributed by atoms with E-state index < -0.39 is 0 Å². The van der Waals surface area contributed by atoms with E-state index in [1.54, 1.807) is 62.0 Å². The van der Waals surface area contributed by atoms with Crippen LogP contribution in [0, 0.1) is 0 Å². The first-order chi connectivity index (χ1) is 13.6. The Balaban J connectivity index is 1.67. The van der Waals surface area contributed by atoms with E-state index in [2.05, 4.69) is 15.0 Å². The summed E-state index contributed by atoms with van der Waals surface area (Å²) in [4.78, 5) is 27.5. The van der Waals surface area contributed by atoms with Crippen LogP contribution in [0.15, 0.2) is 42.9 Å². The van der Waals surface area contributed by atoms with Gasteiger partial charge in [0.25, 0.3) is 11.8 Å². The van der Waals surface area contributed by atoms with E-state index in [9.17, 15) is 4.79 Å². The molecule has 3 aromatic rings. The number of amides is 1. The first kappa shape index (κ1) is 17.7. The molecule has 0 fully saturated rings. The van der Waals surface area contributed by atoms with Gasteiger partial charge < -0.3 is 19.1 Å². The molecule has 0 atom stereocenters. The quantitative estimate of drug-likeness (QED) is 0.675. The minimum atomic E-state index is -0.116. The lowest BCUT2D eigenvalue weighted by molar-refractivity contribution is 0.0996. The van der Waals surface area contributed by atoms with Crippen LogP contribution < -0.4 is 19.1 Å². The van der Waals surface area contributed by atoms with Crippen LogP contribution in [0.3, 0.4) is 0 Å². The number of aromatic nitrogens is 3. The monoisotopic (exact) mass is 378 g/mol. The average Bonchev–Trinajstić information content (AvgIpc) is 3.09. The summed E-state index contributed by atoms with van der Waals surface area (Å²) >= 11 is 0. The Kier molecular flexibility index (Phi) is 4.52. The minimum Gasteiger partial charge on any atom is -0.495 e. The molecule has 1 aliphatic heterocycles. The van der Waals surface area contributed by atoms with Gasteiger partial charge in [-0.2, -0.15) is 0 Å². The van der Waals surface area contributed by atoms with E-state index in [-0.39, 0.29) is 5.91 Å².